The Morgan fingerprint density at radius 3 is 2.26 bits per heavy atom. The molecule has 1 aromatic rings. The highest BCUT2D eigenvalue weighted by molar-refractivity contribution is 7.98. The molecule has 152 valence electrons. The summed E-state index contributed by atoms with van der Waals surface area (Å²) in [6.07, 6.45) is 2.29. The van der Waals surface area contributed by atoms with Crippen molar-refractivity contribution in [1.82, 2.24) is 5.32 Å². The Morgan fingerprint density at radius 2 is 1.78 bits per heavy atom. The van der Waals surface area contributed by atoms with Gasteiger partial charge in [0.05, 0.1) is 0 Å². The largest absolute Gasteiger partial charge is 0.483 e. The van der Waals surface area contributed by atoms with Crippen LogP contribution < -0.4 is 10.1 Å². The minimum absolute atomic E-state index is 0.0158. The molecule has 0 aliphatic heterocycles. The van der Waals surface area contributed by atoms with E-state index >= 15 is 0 Å². The number of thioether (sulfide) groups is 1. The quantitative estimate of drug-likeness (QED) is 0.696. The first-order valence-electron chi connectivity index (χ1n) is 9.15. The SMILES string of the molecule is CSCC[C@@H](NC(=O)COc1ccc(C(C)(C)C)cc1C(C)(C)C)C(=O)O. The lowest BCUT2D eigenvalue weighted by molar-refractivity contribution is -0.142. The van der Waals surface area contributed by atoms with Gasteiger partial charge in [-0.2, -0.15) is 11.8 Å². The molecule has 0 spiro atoms. The number of carbonyl (C=O) groups is 2. The van der Waals surface area contributed by atoms with E-state index in [1.54, 1.807) is 11.8 Å². The molecule has 1 atom stereocenters. The van der Waals surface area contributed by atoms with Crippen molar-refractivity contribution in [2.24, 2.45) is 0 Å². The molecule has 0 fully saturated rings. The summed E-state index contributed by atoms with van der Waals surface area (Å²) in [5, 5.41) is 11.8. The van der Waals surface area contributed by atoms with Gasteiger partial charge in [0.25, 0.3) is 5.91 Å². The van der Waals surface area contributed by atoms with E-state index in [9.17, 15) is 14.7 Å². The van der Waals surface area contributed by atoms with Crippen molar-refractivity contribution in [2.45, 2.75) is 64.8 Å². The van der Waals surface area contributed by atoms with Crippen molar-refractivity contribution in [2.75, 3.05) is 18.6 Å². The van der Waals surface area contributed by atoms with Crippen LogP contribution in [-0.4, -0.2) is 41.6 Å². The molecule has 0 heterocycles. The molecule has 0 unspecified atom stereocenters. The fraction of sp³-hybridized carbons (Fsp3) is 0.619. The van der Waals surface area contributed by atoms with Crippen LogP contribution in [0, 0.1) is 0 Å². The summed E-state index contributed by atoms with van der Waals surface area (Å²) in [5.74, 6) is -0.132. The Balaban J connectivity index is 2.89. The fourth-order valence-electron chi connectivity index (χ4n) is 2.58. The highest BCUT2D eigenvalue weighted by Crippen LogP contribution is 2.35. The van der Waals surface area contributed by atoms with E-state index in [0.29, 0.717) is 17.9 Å². The molecule has 0 aliphatic carbocycles. The second-order valence-corrected chi connectivity index (χ2v) is 9.73. The van der Waals surface area contributed by atoms with Gasteiger partial charge < -0.3 is 15.2 Å². The van der Waals surface area contributed by atoms with Gasteiger partial charge in [0.15, 0.2) is 6.61 Å². The zero-order valence-electron chi connectivity index (χ0n) is 17.5. The van der Waals surface area contributed by atoms with E-state index in [1.807, 2.05) is 18.4 Å². The maximum absolute atomic E-state index is 12.2. The Morgan fingerprint density at radius 1 is 1.15 bits per heavy atom. The van der Waals surface area contributed by atoms with E-state index in [2.05, 4.69) is 52.9 Å². The fourth-order valence-corrected chi connectivity index (χ4v) is 3.05. The topological polar surface area (TPSA) is 75.6 Å². The summed E-state index contributed by atoms with van der Waals surface area (Å²) in [6, 6.07) is 5.16. The number of hydrogen-bond acceptors (Lipinski definition) is 4. The smallest absolute Gasteiger partial charge is 0.326 e. The van der Waals surface area contributed by atoms with Gasteiger partial charge >= 0.3 is 5.97 Å². The highest BCUT2D eigenvalue weighted by Gasteiger charge is 2.24. The van der Waals surface area contributed by atoms with Crippen LogP contribution in [0.25, 0.3) is 0 Å². The number of amides is 1. The standard InChI is InChI=1S/C21H33NO4S/c1-20(2,3)14-8-9-17(15(12-14)21(4,5)6)26-13-18(23)22-16(19(24)25)10-11-27-7/h8-9,12,16H,10-11,13H2,1-7H3,(H,22,23)(H,24,25)/t16-/m1/s1. The molecule has 1 aromatic carbocycles. The Labute approximate surface area is 167 Å². The average molecular weight is 396 g/mol. The number of carboxylic acids is 1. The molecule has 0 saturated heterocycles. The van der Waals surface area contributed by atoms with Gasteiger partial charge in [-0.15, -0.1) is 0 Å². The maximum Gasteiger partial charge on any atom is 0.326 e. The lowest BCUT2D eigenvalue weighted by atomic mass is 9.80. The van der Waals surface area contributed by atoms with Gasteiger partial charge in [0, 0.05) is 0 Å². The van der Waals surface area contributed by atoms with Gasteiger partial charge in [-0.05, 0) is 46.5 Å². The van der Waals surface area contributed by atoms with Crippen LogP contribution in [0.1, 0.15) is 59.1 Å². The third-order valence-electron chi connectivity index (χ3n) is 4.26. The molecule has 1 amide bonds. The average Bonchev–Trinajstić information content (AvgIpc) is 2.54. The van der Waals surface area contributed by atoms with E-state index in [-0.39, 0.29) is 17.4 Å². The monoisotopic (exact) mass is 395 g/mol. The van der Waals surface area contributed by atoms with Crippen molar-refractivity contribution < 1.29 is 19.4 Å². The molecule has 0 bridgehead atoms. The number of carbonyl (C=O) groups excluding carboxylic acids is 1. The first kappa shape index (κ1) is 23.3. The summed E-state index contributed by atoms with van der Waals surface area (Å²) < 4.78 is 5.77. The minimum atomic E-state index is -1.03. The number of benzene rings is 1. The molecule has 0 radical (unpaired) electrons. The lowest BCUT2D eigenvalue weighted by Crippen LogP contribution is -2.43. The zero-order valence-corrected chi connectivity index (χ0v) is 18.3. The third kappa shape index (κ3) is 7.45. The Kier molecular flexibility index (Phi) is 8.21. The molecule has 2 N–H and O–H groups in total. The molecular weight excluding hydrogens is 362 g/mol. The Bertz CT molecular complexity index is 659. The van der Waals surface area contributed by atoms with Crippen LogP contribution in [0.2, 0.25) is 0 Å². The summed E-state index contributed by atoms with van der Waals surface area (Å²) in [4.78, 5) is 23.4. The van der Waals surface area contributed by atoms with Crippen LogP contribution in [0.5, 0.6) is 5.75 Å². The second-order valence-electron chi connectivity index (χ2n) is 8.74. The van der Waals surface area contributed by atoms with Crippen molar-refractivity contribution in [1.29, 1.82) is 0 Å². The van der Waals surface area contributed by atoms with Crippen LogP contribution in [0.3, 0.4) is 0 Å². The molecule has 1 rings (SSSR count). The Hall–Kier alpha value is -1.69. The number of carboxylic acid groups (broad SMARTS) is 1. The third-order valence-corrected chi connectivity index (χ3v) is 4.90. The van der Waals surface area contributed by atoms with Gasteiger partial charge in [-0.3, -0.25) is 4.79 Å². The molecule has 5 nitrogen and oxygen atoms in total. The molecule has 0 aromatic heterocycles. The van der Waals surface area contributed by atoms with Crippen LogP contribution >= 0.6 is 11.8 Å². The highest BCUT2D eigenvalue weighted by atomic mass is 32.2. The summed E-state index contributed by atoms with van der Waals surface area (Å²) >= 11 is 1.55. The van der Waals surface area contributed by atoms with Crippen molar-refractivity contribution in [3.8, 4) is 5.75 Å². The first-order valence-corrected chi connectivity index (χ1v) is 10.5. The lowest BCUT2D eigenvalue weighted by Gasteiger charge is -2.27. The van der Waals surface area contributed by atoms with Gasteiger partial charge in [0.1, 0.15) is 11.8 Å². The number of aliphatic carboxylic acids is 1. The minimum Gasteiger partial charge on any atom is -0.483 e. The predicted molar refractivity (Wildman–Crippen MR) is 112 cm³/mol. The van der Waals surface area contributed by atoms with Crippen molar-refractivity contribution >= 4 is 23.6 Å². The van der Waals surface area contributed by atoms with Crippen LogP contribution in [-0.2, 0) is 20.4 Å². The molecule has 6 heteroatoms. The van der Waals surface area contributed by atoms with E-state index in [4.69, 9.17) is 4.74 Å². The summed E-state index contributed by atoms with van der Waals surface area (Å²) in [5.41, 5.74) is 2.10. The maximum atomic E-state index is 12.2. The summed E-state index contributed by atoms with van der Waals surface area (Å²) in [6.45, 7) is 12.6. The van der Waals surface area contributed by atoms with Gasteiger partial charge in [0.2, 0.25) is 0 Å². The molecule has 0 saturated carbocycles. The van der Waals surface area contributed by atoms with E-state index < -0.39 is 17.9 Å². The second kappa shape index (κ2) is 9.49. The van der Waals surface area contributed by atoms with Crippen LogP contribution in [0.15, 0.2) is 18.2 Å². The predicted octanol–water partition coefficient (Wildman–Crippen LogP) is 3.98. The normalized spacial score (nSPS) is 13.1. The summed E-state index contributed by atoms with van der Waals surface area (Å²) in [7, 11) is 0. The van der Waals surface area contributed by atoms with E-state index in [0.717, 1.165) is 5.56 Å². The number of ether oxygens (including phenoxy) is 1. The van der Waals surface area contributed by atoms with Gasteiger partial charge in [-0.25, -0.2) is 4.79 Å². The number of rotatable bonds is 8. The van der Waals surface area contributed by atoms with E-state index in [1.165, 1.54) is 5.56 Å². The van der Waals surface area contributed by atoms with Crippen molar-refractivity contribution in [3.63, 3.8) is 0 Å². The van der Waals surface area contributed by atoms with Crippen molar-refractivity contribution in [3.05, 3.63) is 29.3 Å². The molecule has 0 aliphatic rings. The number of nitrogens with one attached hydrogen (secondary N) is 1. The van der Waals surface area contributed by atoms with Crippen LogP contribution in [0.4, 0.5) is 0 Å². The molecule has 27 heavy (non-hydrogen) atoms. The molecular formula is C21H33NO4S. The zero-order chi connectivity index (χ0) is 20.8. The van der Waals surface area contributed by atoms with Gasteiger partial charge in [-0.1, -0.05) is 53.7 Å². The first-order chi connectivity index (χ1) is 12.4. The number of hydrogen-bond donors (Lipinski definition) is 2.